The molecule has 3 rings (SSSR count). The first kappa shape index (κ1) is 18.0. The van der Waals surface area contributed by atoms with E-state index in [4.69, 9.17) is 9.84 Å². The number of carbonyl (C=O) groups is 3. The van der Waals surface area contributed by atoms with Crippen LogP contribution in [0.25, 0.3) is 0 Å². The van der Waals surface area contributed by atoms with Crippen molar-refractivity contribution in [3.63, 3.8) is 0 Å². The van der Waals surface area contributed by atoms with E-state index in [0.717, 1.165) is 0 Å². The van der Waals surface area contributed by atoms with E-state index in [2.05, 4.69) is 5.32 Å². The van der Waals surface area contributed by atoms with Gasteiger partial charge >= 0.3 is 12.0 Å². The minimum atomic E-state index is -0.864. The molecule has 2 N–H and O–H groups in total. The normalized spacial score (nSPS) is 22.3. The van der Waals surface area contributed by atoms with E-state index in [1.54, 1.807) is 17.0 Å². The van der Waals surface area contributed by atoms with Gasteiger partial charge in [-0.15, -0.1) is 0 Å². The number of hydrogen-bond donors (Lipinski definition) is 2. The highest BCUT2D eigenvalue weighted by molar-refractivity contribution is 5.79. The van der Waals surface area contributed by atoms with Gasteiger partial charge in [0, 0.05) is 32.2 Å². The molecule has 140 valence electrons. The number of nitrogens with zero attached hydrogens (tertiary/aromatic N) is 2. The summed E-state index contributed by atoms with van der Waals surface area (Å²) >= 11 is 0. The number of rotatable bonds is 5. The van der Waals surface area contributed by atoms with Gasteiger partial charge in [-0.2, -0.15) is 0 Å². The molecule has 1 aromatic rings. The molecule has 0 spiro atoms. The van der Waals surface area contributed by atoms with Gasteiger partial charge in [-0.25, -0.2) is 4.79 Å². The van der Waals surface area contributed by atoms with E-state index in [9.17, 15) is 14.4 Å². The number of aliphatic carboxylic acids is 1. The highest BCUT2D eigenvalue weighted by atomic mass is 16.5. The smallest absolute Gasteiger partial charge is 0.317 e. The average molecular weight is 361 g/mol. The minimum absolute atomic E-state index is 0.0307. The molecule has 1 aromatic carbocycles. The van der Waals surface area contributed by atoms with Gasteiger partial charge in [0.25, 0.3) is 5.91 Å². The summed E-state index contributed by atoms with van der Waals surface area (Å²) in [6.07, 6.45) is 1.16. The van der Waals surface area contributed by atoms with E-state index < -0.39 is 11.9 Å². The van der Waals surface area contributed by atoms with Crippen LogP contribution in [0, 0.1) is 5.92 Å². The topological polar surface area (TPSA) is 99.2 Å². The lowest BCUT2D eigenvalue weighted by atomic mass is 10.1. The zero-order valence-corrected chi connectivity index (χ0v) is 14.5. The van der Waals surface area contributed by atoms with Gasteiger partial charge in [0.15, 0.2) is 6.61 Å². The van der Waals surface area contributed by atoms with Crippen LogP contribution in [0.2, 0.25) is 0 Å². The molecular formula is C18H23N3O5. The van der Waals surface area contributed by atoms with Crippen LogP contribution in [0.1, 0.15) is 12.8 Å². The number of amides is 3. The number of hydrogen-bond acceptors (Lipinski definition) is 4. The van der Waals surface area contributed by atoms with E-state index in [1.807, 2.05) is 18.2 Å². The molecule has 2 atom stereocenters. The van der Waals surface area contributed by atoms with Crippen molar-refractivity contribution in [2.24, 2.45) is 5.92 Å². The van der Waals surface area contributed by atoms with Gasteiger partial charge in [-0.3, -0.25) is 9.59 Å². The van der Waals surface area contributed by atoms with Gasteiger partial charge in [0.05, 0.1) is 5.92 Å². The summed E-state index contributed by atoms with van der Waals surface area (Å²) in [6, 6.07) is 8.77. The molecule has 2 heterocycles. The Labute approximate surface area is 151 Å². The standard InChI is InChI=1S/C18H23N3O5/c22-16(12-26-15-4-2-1-3-5-15)20-9-7-14(11-20)19-18(25)21-8-6-13(10-21)17(23)24/h1-5,13-14H,6-12H2,(H,19,25)(H,23,24). The van der Waals surface area contributed by atoms with Gasteiger partial charge in [-0.1, -0.05) is 18.2 Å². The number of nitrogens with one attached hydrogen (secondary N) is 1. The van der Waals surface area contributed by atoms with Gasteiger partial charge in [-0.05, 0) is 25.0 Å². The molecule has 0 aliphatic carbocycles. The van der Waals surface area contributed by atoms with Crippen LogP contribution >= 0.6 is 0 Å². The van der Waals surface area contributed by atoms with Crippen molar-refractivity contribution in [2.75, 3.05) is 32.8 Å². The summed E-state index contributed by atoms with van der Waals surface area (Å²) in [5.74, 6) is -0.821. The Balaban J connectivity index is 1.41. The third-order valence-corrected chi connectivity index (χ3v) is 4.80. The maximum absolute atomic E-state index is 12.3. The molecule has 2 saturated heterocycles. The highest BCUT2D eigenvalue weighted by Crippen LogP contribution is 2.17. The predicted octanol–water partition coefficient (Wildman–Crippen LogP) is 0.782. The van der Waals surface area contributed by atoms with Gasteiger partial charge in [0.2, 0.25) is 0 Å². The number of benzene rings is 1. The number of carboxylic acids is 1. The molecule has 26 heavy (non-hydrogen) atoms. The molecule has 3 amide bonds. The summed E-state index contributed by atoms with van der Waals surface area (Å²) in [5.41, 5.74) is 0. The van der Waals surface area contributed by atoms with E-state index in [0.29, 0.717) is 38.2 Å². The van der Waals surface area contributed by atoms with Crippen LogP contribution in [0.3, 0.4) is 0 Å². The molecule has 0 bridgehead atoms. The van der Waals surface area contributed by atoms with Gasteiger partial charge < -0.3 is 25.0 Å². The summed E-state index contributed by atoms with van der Waals surface area (Å²) in [7, 11) is 0. The van der Waals surface area contributed by atoms with E-state index >= 15 is 0 Å². The van der Waals surface area contributed by atoms with Gasteiger partial charge in [0.1, 0.15) is 5.75 Å². The first-order chi connectivity index (χ1) is 12.5. The molecule has 2 unspecified atom stereocenters. The molecule has 0 saturated carbocycles. The highest BCUT2D eigenvalue weighted by Gasteiger charge is 2.33. The molecule has 8 heteroatoms. The van der Waals surface area contributed by atoms with E-state index in [-0.39, 0.29) is 31.1 Å². The van der Waals surface area contributed by atoms with Crippen molar-refractivity contribution in [1.29, 1.82) is 0 Å². The van der Waals surface area contributed by atoms with E-state index in [1.165, 1.54) is 4.90 Å². The van der Waals surface area contributed by atoms with Crippen LogP contribution in [0.5, 0.6) is 5.75 Å². The molecule has 0 radical (unpaired) electrons. The third-order valence-electron chi connectivity index (χ3n) is 4.80. The fourth-order valence-corrected chi connectivity index (χ4v) is 3.27. The molecule has 2 aliphatic rings. The Morgan fingerprint density at radius 3 is 2.50 bits per heavy atom. The number of para-hydroxylation sites is 1. The van der Waals surface area contributed by atoms with Crippen molar-refractivity contribution in [1.82, 2.24) is 15.1 Å². The predicted molar refractivity (Wildman–Crippen MR) is 92.8 cm³/mol. The molecule has 8 nitrogen and oxygen atoms in total. The third kappa shape index (κ3) is 4.44. The number of urea groups is 1. The maximum atomic E-state index is 12.3. The minimum Gasteiger partial charge on any atom is -0.484 e. The van der Waals surface area contributed by atoms with Crippen molar-refractivity contribution < 1.29 is 24.2 Å². The first-order valence-electron chi connectivity index (χ1n) is 8.77. The molecule has 2 fully saturated rings. The number of ether oxygens (including phenoxy) is 1. The lowest BCUT2D eigenvalue weighted by Gasteiger charge is -2.21. The lowest BCUT2D eigenvalue weighted by Crippen LogP contribution is -2.45. The largest absolute Gasteiger partial charge is 0.484 e. The zero-order valence-electron chi connectivity index (χ0n) is 14.5. The SMILES string of the molecule is O=C(O)C1CCN(C(=O)NC2CCN(C(=O)COc3ccccc3)C2)C1. The van der Waals surface area contributed by atoms with Crippen LogP contribution < -0.4 is 10.1 Å². The van der Waals surface area contributed by atoms with Crippen LogP contribution in [0.15, 0.2) is 30.3 Å². The Kier molecular flexibility index (Phi) is 5.60. The summed E-state index contributed by atoms with van der Waals surface area (Å²) in [6.45, 7) is 1.67. The number of carboxylic acid groups (broad SMARTS) is 1. The van der Waals surface area contributed by atoms with Crippen molar-refractivity contribution in [3.05, 3.63) is 30.3 Å². The average Bonchev–Trinajstić information content (AvgIpc) is 3.30. The second-order valence-electron chi connectivity index (χ2n) is 6.65. The Morgan fingerprint density at radius 1 is 1.08 bits per heavy atom. The second-order valence-corrected chi connectivity index (χ2v) is 6.65. The number of carbonyl (C=O) groups excluding carboxylic acids is 2. The quantitative estimate of drug-likeness (QED) is 0.808. The molecule has 0 aromatic heterocycles. The maximum Gasteiger partial charge on any atom is 0.317 e. The Hall–Kier alpha value is -2.77. The fraction of sp³-hybridized carbons (Fsp3) is 0.500. The monoisotopic (exact) mass is 361 g/mol. The van der Waals surface area contributed by atoms with Crippen LogP contribution in [-0.4, -0.2) is 71.6 Å². The first-order valence-corrected chi connectivity index (χ1v) is 8.77. The molecule has 2 aliphatic heterocycles. The summed E-state index contributed by atoms with van der Waals surface area (Å²) < 4.78 is 5.47. The van der Waals surface area contributed by atoms with Crippen molar-refractivity contribution in [2.45, 2.75) is 18.9 Å². The second kappa shape index (κ2) is 8.07. The zero-order chi connectivity index (χ0) is 18.5. The van der Waals surface area contributed by atoms with Crippen molar-refractivity contribution >= 4 is 17.9 Å². The van der Waals surface area contributed by atoms with Crippen LogP contribution in [-0.2, 0) is 9.59 Å². The summed E-state index contributed by atoms with van der Waals surface area (Å²) in [5, 5.41) is 11.9. The van der Waals surface area contributed by atoms with Crippen molar-refractivity contribution in [3.8, 4) is 5.75 Å². The Morgan fingerprint density at radius 2 is 1.81 bits per heavy atom. The van der Waals surface area contributed by atoms with Crippen LogP contribution in [0.4, 0.5) is 4.79 Å². The lowest BCUT2D eigenvalue weighted by molar-refractivity contribution is -0.141. The molecular weight excluding hydrogens is 338 g/mol. The Bertz CT molecular complexity index is 666. The number of likely N-dealkylation sites (tertiary alicyclic amines) is 2. The fourth-order valence-electron chi connectivity index (χ4n) is 3.27. The summed E-state index contributed by atoms with van der Waals surface area (Å²) in [4.78, 5) is 38.7.